The Morgan fingerprint density at radius 2 is 1.91 bits per heavy atom. The highest BCUT2D eigenvalue weighted by atomic mass is 35.5. The molecule has 0 N–H and O–H groups in total. The second kappa shape index (κ2) is 11.3. The van der Waals surface area contributed by atoms with Crippen molar-refractivity contribution < 1.29 is 18.7 Å². The third-order valence-corrected chi connectivity index (χ3v) is 5.29. The number of para-hydroxylation sites is 1. The number of benzene rings is 2. The van der Waals surface area contributed by atoms with Crippen molar-refractivity contribution in [3.63, 3.8) is 0 Å². The lowest BCUT2D eigenvalue weighted by Crippen LogP contribution is -2.40. The average Bonchev–Trinajstić information content (AvgIpc) is 3.12. The molecule has 1 heterocycles. The van der Waals surface area contributed by atoms with E-state index in [0.717, 1.165) is 6.08 Å². The van der Waals surface area contributed by atoms with Gasteiger partial charge < -0.3 is 9.64 Å². The molecule has 3 rings (SSSR count). The fourth-order valence-electron chi connectivity index (χ4n) is 3.22. The maximum absolute atomic E-state index is 13.2. The normalized spacial score (nSPS) is 11.7. The summed E-state index contributed by atoms with van der Waals surface area (Å²) in [4.78, 5) is 26.7. The Balaban J connectivity index is 1.71. The number of nitriles is 1. The van der Waals surface area contributed by atoms with E-state index >= 15 is 0 Å². The number of anilines is 1. The minimum absolute atomic E-state index is 0.136. The molecule has 0 aliphatic rings. The second-order valence-electron chi connectivity index (χ2n) is 7.32. The summed E-state index contributed by atoms with van der Waals surface area (Å²) < 4.78 is 19.9. The maximum Gasteiger partial charge on any atom is 0.331 e. The topological polar surface area (TPSA) is 88.2 Å². The van der Waals surface area contributed by atoms with Crippen molar-refractivity contribution in [1.29, 1.82) is 5.26 Å². The molecule has 0 fully saturated rings. The minimum Gasteiger partial charge on any atom is -0.449 e. The van der Waals surface area contributed by atoms with E-state index in [9.17, 15) is 14.0 Å². The first-order chi connectivity index (χ1) is 16.3. The van der Waals surface area contributed by atoms with E-state index in [1.165, 1.54) is 46.8 Å². The highest BCUT2D eigenvalue weighted by Gasteiger charge is 2.24. The van der Waals surface area contributed by atoms with Crippen molar-refractivity contribution in [1.82, 2.24) is 9.78 Å². The van der Waals surface area contributed by atoms with Crippen molar-refractivity contribution in [3.8, 4) is 11.8 Å². The summed E-state index contributed by atoms with van der Waals surface area (Å²) in [6, 6.07) is 16.5. The monoisotopic (exact) mass is 480 g/mol. The number of amides is 1. The van der Waals surface area contributed by atoms with Crippen LogP contribution in [0.2, 0.25) is 5.15 Å². The molecular weight excluding hydrogens is 459 g/mol. The van der Waals surface area contributed by atoms with Gasteiger partial charge in [-0.05, 0) is 56.3 Å². The van der Waals surface area contributed by atoms with E-state index in [1.807, 2.05) is 12.1 Å². The molecule has 2 aromatic carbocycles. The van der Waals surface area contributed by atoms with E-state index < -0.39 is 18.0 Å². The van der Waals surface area contributed by atoms with Gasteiger partial charge in [-0.3, -0.25) is 4.79 Å². The molecule has 9 heteroatoms. The molecule has 0 saturated carbocycles. The Hall–Kier alpha value is -3.96. The first-order valence-corrected chi connectivity index (χ1v) is 10.8. The van der Waals surface area contributed by atoms with Gasteiger partial charge in [0.1, 0.15) is 11.0 Å². The minimum atomic E-state index is -1.07. The Labute approximate surface area is 201 Å². The van der Waals surface area contributed by atoms with Crippen LogP contribution in [0.25, 0.3) is 11.8 Å². The molecule has 0 saturated heterocycles. The predicted octanol–water partition coefficient (Wildman–Crippen LogP) is 4.87. The average molecular weight is 481 g/mol. The van der Waals surface area contributed by atoms with Crippen molar-refractivity contribution >= 4 is 35.2 Å². The highest BCUT2D eigenvalue weighted by molar-refractivity contribution is 6.31. The fourth-order valence-corrected chi connectivity index (χ4v) is 3.56. The predicted molar refractivity (Wildman–Crippen MR) is 127 cm³/mol. The van der Waals surface area contributed by atoms with Crippen LogP contribution < -0.4 is 4.90 Å². The second-order valence-corrected chi connectivity index (χ2v) is 7.68. The lowest BCUT2D eigenvalue weighted by molar-refractivity contribution is -0.149. The molecule has 0 aliphatic carbocycles. The van der Waals surface area contributed by atoms with Gasteiger partial charge in [0.05, 0.1) is 23.9 Å². The molecule has 0 bridgehead atoms. The summed E-state index contributed by atoms with van der Waals surface area (Å²) in [5, 5.41) is 13.5. The summed E-state index contributed by atoms with van der Waals surface area (Å²) in [5.41, 5.74) is 2.21. The zero-order valence-electron chi connectivity index (χ0n) is 18.6. The van der Waals surface area contributed by atoms with Crippen LogP contribution in [-0.2, 0) is 14.3 Å². The number of halogens is 2. The molecule has 1 aromatic heterocycles. The molecule has 3 aromatic rings. The lowest BCUT2D eigenvalue weighted by Gasteiger charge is -2.24. The van der Waals surface area contributed by atoms with Gasteiger partial charge in [0.15, 0.2) is 6.10 Å². The van der Waals surface area contributed by atoms with Crippen LogP contribution in [0.5, 0.6) is 0 Å². The molecule has 174 valence electrons. The van der Waals surface area contributed by atoms with E-state index in [-0.39, 0.29) is 23.9 Å². The van der Waals surface area contributed by atoms with Crippen molar-refractivity contribution in [2.45, 2.75) is 26.4 Å². The summed E-state index contributed by atoms with van der Waals surface area (Å²) in [6.45, 7) is 3.37. The number of carbonyl (C=O) groups excluding carboxylic acids is 2. The SMILES string of the molecule is Cc1nn(-c2ccc(F)cc2)c(Cl)c1/C=C/C(=O)O[C@@H](C)C(=O)N(CCC#N)c1ccccc1. The number of carbonyl (C=O) groups is 2. The highest BCUT2D eigenvalue weighted by Crippen LogP contribution is 2.25. The summed E-state index contributed by atoms with van der Waals surface area (Å²) in [6.07, 6.45) is 1.68. The van der Waals surface area contributed by atoms with E-state index in [0.29, 0.717) is 22.6 Å². The van der Waals surface area contributed by atoms with E-state index in [4.69, 9.17) is 21.6 Å². The van der Waals surface area contributed by atoms with Crippen LogP contribution in [0.4, 0.5) is 10.1 Å². The van der Waals surface area contributed by atoms with Crippen molar-refractivity contribution in [3.05, 3.63) is 82.9 Å². The number of hydrogen-bond donors (Lipinski definition) is 0. The van der Waals surface area contributed by atoms with Gasteiger partial charge in [-0.15, -0.1) is 0 Å². The summed E-state index contributed by atoms with van der Waals surface area (Å²) in [7, 11) is 0. The zero-order chi connectivity index (χ0) is 24.7. The standard InChI is InChI=1S/C25H22ClFN4O3/c1-17-22(24(26)31(29-17)21-11-9-19(27)10-12-21)13-14-23(32)34-18(2)25(33)30(16-6-15-28)20-7-4-3-5-8-20/h3-5,7-14,18H,6,16H2,1-2H3/b14-13+/t18-/m0/s1. The number of aryl methyl sites for hydroxylation is 1. The van der Waals surface area contributed by atoms with E-state index in [1.54, 1.807) is 31.2 Å². The number of hydrogen-bond acceptors (Lipinski definition) is 5. The molecule has 0 spiro atoms. The zero-order valence-corrected chi connectivity index (χ0v) is 19.4. The Bertz CT molecular complexity index is 1230. The molecular formula is C25H22ClFN4O3. The van der Waals surface area contributed by atoms with Gasteiger partial charge in [-0.2, -0.15) is 10.4 Å². The van der Waals surface area contributed by atoms with E-state index in [2.05, 4.69) is 5.10 Å². The number of esters is 1. The molecule has 1 atom stereocenters. The first-order valence-electron chi connectivity index (χ1n) is 10.4. The Kier molecular flexibility index (Phi) is 8.17. The van der Waals surface area contributed by atoms with Crippen LogP contribution in [0.1, 0.15) is 24.6 Å². The Morgan fingerprint density at radius 1 is 1.24 bits per heavy atom. The molecule has 34 heavy (non-hydrogen) atoms. The molecule has 7 nitrogen and oxygen atoms in total. The third-order valence-electron chi connectivity index (χ3n) is 4.93. The van der Waals surface area contributed by atoms with Crippen LogP contribution in [-0.4, -0.2) is 34.3 Å². The number of aromatic nitrogens is 2. The fraction of sp³-hybridized carbons (Fsp3) is 0.200. The number of ether oxygens (including phenoxy) is 1. The first kappa shape index (κ1) is 24.7. The summed E-state index contributed by atoms with van der Waals surface area (Å²) >= 11 is 6.42. The van der Waals surface area contributed by atoms with Crippen LogP contribution in [0.3, 0.4) is 0 Å². The van der Waals surface area contributed by atoms with Crippen LogP contribution in [0.15, 0.2) is 60.7 Å². The third kappa shape index (κ3) is 5.88. The van der Waals surface area contributed by atoms with Gasteiger partial charge >= 0.3 is 5.97 Å². The van der Waals surface area contributed by atoms with Crippen LogP contribution >= 0.6 is 11.6 Å². The maximum atomic E-state index is 13.2. The van der Waals surface area contributed by atoms with Crippen molar-refractivity contribution in [2.75, 3.05) is 11.4 Å². The van der Waals surface area contributed by atoms with Gasteiger partial charge in [-0.25, -0.2) is 13.9 Å². The number of rotatable bonds is 8. The van der Waals surface area contributed by atoms with Gasteiger partial charge in [0.25, 0.3) is 5.91 Å². The quantitative estimate of drug-likeness (QED) is 0.339. The molecule has 0 aliphatic heterocycles. The lowest BCUT2D eigenvalue weighted by atomic mass is 10.2. The summed E-state index contributed by atoms with van der Waals surface area (Å²) in [5.74, 6) is -1.56. The van der Waals surface area contributed by atoms with Gasteiger partial charge in [0, 0.05) is 23.9 Å². The van der Waals surface area contributed by atoms with Gasteiger partial charge in [-0.1, -0.05) is 29.8 Å². The molecule has 0 radical (unpaired) electrons. The molecule has 1 amide bonds. The number of nitrogens with zero attached hydrogens (tertiary/aromatic N) is 4. The van der Waals surface area contributed by atoms with Crippen LogP contribution in [0, 0.1) is 24.1 Å². The largest absolute Gasteiger partial charge is 0.449 e. The van der Waals surface area contributed by atoms with Crippen molar-refractivity contribution in [2.24, 2.45) is 0 Å². The Morgan fingerprint density at radius 3 is 2.56 bits per heavy atom. The molecule has 0 unspecified atom stereocenters. The smallest absolute Gasteiger partial charge is 0.331 e. The van der Waals surface area contributed by atoms with Gasteiger partial charge in [0.2, 0.25) is 0 Å².